The van der Waals surface area contributed by atoms with E-state index in [0.717, 1.165) is 24.0 Å². The van der Waals surface area contributed by atoms with Crippen LogP contribution in [0.2, 0.25) is 0 Å². The molecule has 0 aromatic carbocycles. The predicted molar refractivity (Wildman–Crippen MR) is 67.9 cm³/mol. The van der Waals surface area contributed by atoms with E-state index in [-0.39, 0.29) is 6.04 Å². The molecule has 0 amide bonds. The molecule has 0 bridgehead atoms. The van der Waals surface area contributed by atoms with Crippen LogP contribution in [0.1, 0.15) is 19.7 Å². The molecule has 1 heterocycles. The molecular formula is C11H21N5. The number of nitrogens with zero attached hydrogens (tertiary/aromatic N) is 3. The Bertz CT molecular complexity index is 339. The highest BCUT2D eigenvalue weighted by Crippen LogP contribution is 2.16. The first-order valence-corrected chi connectivity index (χ1v) is 5.61. The second kappa shape index (κ2) is 5.65. The minimum atomic E-state index is 0.267. The third-order valence-corrected chi connectivity index (χ3v) is 2.55. The van der Waals surface area contributed by atoms with E-state index in [1.807, 2.05) is 27.0 Å². The van der Waals surface area contributed by atoms with Crippen LogP contribution in [0.25, 0.3) is 0 Å². The number of aryl methyl sites for hydroxylation is 1. The second-order valence-electron chi connectivity index (χ2n) is 3.88. The van der Waals surface area contributed by atoms with Gasteiger partial charge in [-0.25, -0.2) is 9.97 Å². The number of likely N-dealkylation sites (N-methyl/N-ethyl adjacent to an activating group) is 1. The van der Waals surface area contributed by atoms with Crippen molar-refractivity contribution in [3.63, 3.8) is 0 Å². The molecule has 0 aliphatic rings. The summed E-state index contributed by atoms with van der Waals surface area (Å²) in [7, 11) is 2.00. The lowest BCUT2D eigenvalue weighted by atomic mass is 10.3. The van der Waals surface area contributed by atoms with E-state index < -0.39 is 0 Å². The highest BCUT2D eigenvalue weighted by atomic mass is 15.2. The Morgan fingerprint density at radius 2 is 2.19 bits per heavy atom. The number of nitrogens with one attached hydrogen (secondary N) is 1. The second-order valence-corrected chi connectivity index (χ2v) is 3.88. The number of nitrogens with two attached hydrogens (primary N) is 1. The molecule has 5 nitrogen and oxygen atoms in total. The maximum atomic E-state index is 5.64. The molecule has 1 unspecified atom stereocenters. The largest absolute Gasteiger partial charge is 0.370 e. The van der Waals surface area contributed by atoms with Crippen molar-refractivity contribution in [2.24, 2.45) is 5.73 Å². The van der Waals surface area contributed by atoms with Crippen LogP contribution in [-0.2, 0) is 0 Å². The fourth-order valence-electron chi connectivity index (χ4n) is 1.39. The first kappa shape index (κ1) is 12.7. The van der Waals surface area contributed by atoms with E-state index in [1.165, 1.54) is 0 Å². The zero-order valence-electron chi connectivity index (χ0n) is 10.5. The molecule has 0 fully saturated rings. The zero-order chi connectivity index (χ0) is 12.1. The minimum Gasteiger partial charge on any atom is -0.370 e. The summed E-state index contributed by atoms with van der Waals surface area (Å²) in [5, 5.41) is 3.19. The average Bonchev–Trinajstić information content (AvgIpc) is 2.26. The molecule has 90 valence electrons. The number of hydrogen-bond donors (Lipinski definition) is 2. The summed E-state index contributed by atoms with van der Waals surface area (Å²) in [4.78, 5) is 10.8. The van der Waals surface area contributed by atoms with E-state index in [4.69, 9.17) is 5.73 Å². The van der Waals surface area contributed by atoms with Gasteiger partial charge in [-0.15, -0.1) is 0 Å². The van der Waals surface area contributed by atoms with Gasteiger partial charge in [0.2, 0.25) is 0 Å². The van der Waals surface area contributed by atoms with E-state index in [2.05, 4.69) is 27.1 Å². The summed E-state index contributed by atoms with van der Waals surface area (Å²) >= 11 is 0. The van der Waals surface area contributed by atoms with E-state index in [1.54, 1.807) is 0 Å². The summed E-state index contributed by atoms with van der Waals surface area (Å²) in [6.45, 7) is 7.47. The lowest BCUT2D eigenvalue weighted by Crippen LogP contribution is -2.36. The molecule has 0 aliphatic carbocycles. The normalized spacial score (nSPS) is 12.3. The van der Waals surface area contributed by atoms with Crippen LogP contribution in [0, 0.1) is 6.92 Å². The highest BCUT2D eigenvalue weighted by molar-refractivity contribution is 5.49. The van der Waals surface area contributed by atoms with Crippen LogP contribution in [0.5, 0.6) is 0 Å². The molecular weight excluding hydrogens is 202 g/mol. The van der Waals surface area contributed by atoms with E-state index >= 15 is 0 Å². The Balaban J connectivity index is 2.94. The number of anilines is 2. The lowest BCUT2D eigenvalue weighted by molar-refractivity contribution is 0.685. The van der Waals surface area contributed by atoms with Gasteiger partial charge in [0.05, 0.1) is 0 Å². The number of hydrogen-bond acceptors (Lipinski definition) is 5. The lowest BCUT2D eigenvalue weighted by Gasteiger charge is -2.25. The molecule has 0 aliphatic heterocycles. The minimum absolute atomic E-state index is 0.267. The van der Waals surface area contributed by atoms with Crippen LogP contribution >= 0.6 is 0 Å². The van der Waals surface area contributed by atoms with Crippen molar-refractivity contribution in [3.8, 4) is 0 Å². The van der Waals surface area contributed by atoms with Crippen molar-refractivity contribution in [1.29, 1.82) is 0 Å². The van der Waals surface area contributed by atoms with Crippen molar-refractivity contribution >= 4 is 11.6 Å². The van der Waals surface area contributed by atoms with Gasteiger partial charge in [-0.3, -0.25) is 0 Å². The molecule has 5 heteroatoms. The smallest absolute Gasteiger partial charge is 0.134 e. The quantitative estimate of drug-likeness (QED) is 0.779. The van der Waals surface area contributed by atoms with Crippen molar-refractivity contribution in [2.45, 2.75) is 26.8 Å². The average molecular weight is 223 g/mol. The van der Waals surface area contributed by atoms with E-state index in [0.29, 0.717) is 6.54 Å². The van der Waals surface area contributed by atoms with Gasteiger partial charge in [0.15, 0.2) is 0 Å². The van der Waals surface area contributed by atoms with Gasteiger partial charge in [-0.1, -0.05) is 0 Å². The van der Waals surface area contributed by atoms with Crippen LogP contribution in [0.3, 0.4) is 0 Å². The standard InChI is InChI=1S/C11H21N5/c1-5-13-10-6-11(15-9(3)14-10)16(4)8(2)7-12/h6,8H,5,7,12H2,1-4H3,(H,13,14,15). The summed E-state index contributed by atoms with van der Waals surface area (Å²) in [5.41, 5.74) is 5.64. The first-order chi connectivity index (χ1) is 7.58. The van der Waals surface area contributed by atoms with Crippen LogP contribution in [0.15, 0.2) is 6.07 Å². The number of aromatic nitrogens is 2. The SMILES string of the molecule is CCNc1cc(N(C)C(C)CN)nc(C)n1. The third-order valence-electron chi connectivity index (χ3n) is 2.55. The molecule has 1 rings (SSSR count). The van der Waals surface area contributed by atoms with Crippen molar-refractivity contribution in [1.82, 2.24) is 9.97 Å². The van der Waals surface area contributed by atoms with E-state index in [9.17, 15) is 0 Å². The molecule has 1 aromatic heterocycles. The Hall–Kier alpha value is -1.36. The highest BCUT2D eigenvalue weighted by Gasteiger charge is 2.11. The summed E-state index contributed by atoms with van der Waals surface area (Å²) in [5.74, 6) is 2.53. The maximum absolute atomic E-state index is 5.64. The fourth-order valence-corrected chi connectivity index (χ4v) is 1.39. The maximum Gasteiger partial charge on any atom is 0.134 e. The Morgan fingerprint density at radius 3 is 2.75 bits per heavy atom. The van der Waals surface area contributed by atoms with Crippen LogP contribution in [0.4, 0.5) is 11.6 Å². The van der Waals surface area contributed by atoms with Gasteiger partial charge in [0.1, 0.15) is 17.5 Å². The summed E-state index contributed by atoms with van der Waals surface area (Å²) in [6, 6.07) is 2.21. The Kier molecular flexibility index (Phi) is 4.49. The molecule has 0 spiro atoms. The molecule has 1 atom stereocenters. The molecule has 0 radical (unpaired) electrons. The molecule has 16 heavy (non-hydrogen) atoms. The molecule has 0 saturated heterocycles. The molecule has 1 aromatic rings. The Labute approximate surface area is 97.1 Å². The Morgan fingerprint density at radius 1 is 1.50 bits per heavy atom. The van der Waals surface area contributed by atoms with Crippen LogP contribution in [-0.4, -0.2) is 36.1 Å². The zero-order valence-corrected chi connectivity index (χ0v) is 10.5. The summed E-state index contributed by atoms with van der Waals surface area (Å²) in [6.07, 6.45) is 0. The fraction of sp³-hybridized carbons (Fsp3) is 0.636. The van der Waals surface area contributed by atoms with Gasteiger partial charge in [0.25, 0.3) is 0 Å². The predicted octanol–water partition coefficient (Wildman–Crippen LogP) is 1.00. The van der Waals surface area contributed by atoms with Gasteiger partial charge >= 0.3 is 0 Å². The third kappa shape index (κ3) is 3.06. The van der Waals surface area contributed by atoms with Gasteiger partial charge < -0.3 is 16.0 Å². The van der Waals surface area contributed by atoms with Crippen molar-refractivity contribution in [2.75, 3.05) is 30.4 Å². The number of rotatable bonds is 5. The molecule has 3 N–H and O–H groups in total. The first-order valence-electron chi connectivity index (χ1n) is 5.61. The van der Waals surface area contributed by atoms with Crippen LogP contribution < -0.4 is 16.0 Å². The van der Waals surface area contributed by atoms with Crippen molar-refractivity contribution < 1.29 is 0 Å². The van der Waals surface area contributed by atoms with Gasteiger partial charge in [-0.2, -0.15) is 0 Å². The monoisotopic (exact) mass is 223 g/mol. The molecule has 0 saturated carbocycles. The van der Waals surface area contributed by atoms with Gasteiger partial charge in [-0.05, 0) is 20.8 Å². The summed E-state index contributed by atoms with van der Waals surface area (Å²) < 4.78 is 0. The van der Waals surface area contributed by atoms with Crippen molar-refractivity contribution in [3.05, 3.63) is 11.9 Å². The topological polar surface area (TPSA) is 67.1 Å². The van der Waals surface area contributed by atoms with Gasteiger partial charge in [0, 0.05) is 32.2 Å².